The van der Waals surface area contributed by atoms with Gasteiger partial charge in [-0.1, -0.05) is 0 Å². The monoisotopic (exact) mass is 237 g/mol. The average molecular weight is 237 g/mol. The molecule has 5 heteroatoms. The second-order valence-electron chi connectivity index (χ2n) is 4.04. The van der Waals surface area contributed by atoms with Crippen LogP contribution in [0, 0.1) is 0 Å². The number of ether oxygens (including phenoxy) is 2. The van der Waals surface area contributed by atoms with Crippen LogP contribution in [0.25, 0.3) is 0 Å². The Morgan fingerprint density at radius 2 is 2.06 bits per heavy atom. The molecule has 1 aliphatic heterocycles. The molecule has 1 saturated heterocycles. The van der Waals surface area contributed by atoms with E-state index < -0.39 is 0 Å². The van der Waals surface area contributed by atoms with Gasteiger partial charge in [-0.15, -0.1) is 0 Å². The van der Waals surface area contributed by atoms with Gasteiger partial charge in [0.25, 0.3) is 0 Å². The van der Waals surface area contributed by atoms with E-state index in [4.69, 9.17) is 9.47 Å². The summed E-state index contributed by atoms with van der Waals surface area (Å²) < 4.78 is 11.0. The topological polar surface area (TPSA) is 56.3 Å². The third-order valence-electron chi connectivity index (χ3n) is 2.69. The van der Waals surface area contributed by atoms with Crippen molar-refractivity contribution in [1.29, 1.82) is 0 Å². The molecular weight excluding hydrogens is 218 g/mol. The van der Waals surface area contributed by atoms with Crippen LogP contribution in [0.4, 0.5) is 5.95 Å². The number of anilines is 1. The molecule has 1 aromatic rings. The normalized spacial score (nSPS) is 16.9. The van der Waals surface area contributed by atoms with E-state index in [-0.39, 0.29) is 0 Å². The van der Waals surface area contributed by atoms with Gasteiger partial charge in [-0.2, -0.15) is 0 Å². The quantitative estimate of drug-likeness (QED) is 0.759. The van der Waals surface area contributed by atoms with Crippen molar-refractivity contribution in [1.82, 2.24) is 9.97 Å². The molecule has 2 heterocycles. The van der Waals surface area contributed by atoms with Crippen molar-refractivity contribution in [2.75, 3.05) is 31.7 Å². The molecule has 0 spiro atoms. The average Bonchev–Trinajstić information content (AvgIpc) is 2.41. The van der Waals surface area contributed by atoms with Crippen LogP contribution in [0.1, 0.15) is 19.3 Å². The van der Waals surface area contributed by atoms with Gasteiger partial charge in [-0.3, -0.25) is 0 Å². The molecule has 0 bridgehead atoms. The first-order chi connectivity index (χ1) is 8.45. The predicted octanol–water partition coefficient (Wildman–Crippen LogP) is 1.47. The van der Waals surface area contributed by atoms with Gasteiger partial charge in [0, 0.05) is 38.8 Å². The van der Waals surface area contributed by atoms with Gasteiger partial charge in [0.15, 0.2) is 0 Å². The summed E-state index contributed by atoms with van der Waals surface area (Å²) in [5, 5.41) is 3.16. The SMILES string of the molecule is c1cnc(NCCCOC2CCOCC2)nc1. The molecule has 1 aromatic heterocycles. The van der Waals surface area contributed by atoms with Gasteiger partial charge < -0.3 is 14.8 Å². The summed E-state index contributed by atoms with van der Waals surface area (Å²) in [6.07, 6.45) is 6.86. The van der Waals surface area contributed by atoms with E-state index in [0.29, 0.717) is 12.1 Å². The number of nitrogens with one attached hydrogen (secondary N) is 1. The molecular formula is C12H19N3O2. The van der Waals surface area contributed by atoms with Gasteiger partial charge in [0.1, 0.15) is 0 Å². The number of hydrogen-bond donors (Lipinski definition) is 1. The Bertz CT molecular complexity index is 302. The van der Waals surface area contributed by atoms with Crippen LogP contribution in [0.15, 0.2) is 18.5 Å². The van der Waals surface area contributed by atoms with Gasteiger partial charge >= 0.3 is 0 Å². The molecule has 0 aliphatic carbocycles. The Morgan fingerprint density at radius 1 is 1.29 bits per heavy atom. The van der Waals surface area contributed by atoms with Gasteiger partial charge in [0.05, 0.1) is 6.10 Å². The van der Waals surface area contributed by atoms with E-state index in [1.54, 1.807) is 18.5 Å². The molecule has 94 valence electrons. The van der Waals surface area contributed by atoms with E-state index in [0.717, 1.165) is 45.6 Å². The van der Waals surface area contributed by atoms with Crippen LogP contribution < -0.4 is 5.32 Å². The van der Waals surface area contributed by atoms with Crippen LogP contribution in [0.2, 0.25) is 0 Å². The smallest absolute Gasteiger partial charge is 0.222 e. The summed E-state index contributed by atoms with van der Waals surface area (Å²) >= 11 is 0. The van der Waals surface area contributed by atoms with Crippen molar-refractivity contribution in [2.45, 2.75) is 25.4 Å². The van der Waals surface area contributed by atoms with Crippen molar-refractivity contribution in [3.8, 4) is 0 Å². The molecule has 1 N–H and O–H groups in total. The molecule has 0 saturated carbocycles. The van der Waals surface area contributed by atoms with Crippen molar-refractivity contribution < 1.29 is 9.47 Å². The Kier molecular flexibility index (Phi) is 5.19. The number of hydrogen-bond acceptors (Lipinski definition) is 5. The summed E-state index contributed by atoms with van der Waals surface area (Å²) in [5.74, 6) is 0.679. The lowest BCUT2D eigenvalue weighted by molar-refractivity contribution is -0.0316. The molecule has 0 amide bonds. The van der Waals surface area contributed by atoms with Crippen LogP contribution in [0.5, 0.6) is 0 Å². The maximum Gasteiger partial charge on any atom is 0.222 e. The fourth-order valence-corrected chi connectivity index (χ4v) is 1.76. The molecule has 1 aliphatic rings. The second-order valence-corrected chi connectivity index (χ2v) is 4.04. The van der Waals surface area contributed by atoms with Crippen molar-refractivity contribution >= 4 is 5.95 Å². The fraction of sp³-hybridized carbons (Fsp3) is 0.667. The van der Waals surface area contributed by atoms with E-state index in [1.165, 1.54) is 0 Å². The first-order valence-corrected chi connectivity index (χ1v) is 6.15. The molecule has 2 rings (SSSR count). The largest absolute Gasteiger partial charge is 0.381 e. The highest BCUT2D eigenvalue weighted by Crippen LogP contribution is 2.10. The van der Waals surface area contributed by atoms with Gasteiger partial charge in [0.2, 0.25) is 5.95 Å². The van der Waals surface area contributed by atoms with Crippen molar-refractivity contribution in [3.63, 3.8) is 0 Å². The van der Waals surface area contributed by atoms with E-state index >= 15 is 0 Å². The number of aromatic nitrogens is 2. The lowest BCUT2D eigenvalue weighted by Gasteiger charge is -2.22. The zero-order chi connectivity index (χ0) is 11.8. The molecule has 0 atom stereocenters. The minimum Gasteiger partial charge on any atom is -0.381 e. The standard InChI is InChI=1S/C12H19N3O2/c1-5-13-12(14-6-1)15-7-2-8-17-11-3-9-16-10-4-11/h1,5-6,11H,2-4,7-10H2,(H,13,14,15). The summed E-state index contributed by atoms with van der Waals surface area (Å²) in [7, 11) is 0. The van der Waals surface area contributed by atoms with E-state index in [9.17, 15) is 0 Å². The minimum absolute atomic E-state index is 0.386. The third-order valence-corrected chi connectivity index (χ3v) is 2.69. The molecule has 1 fully saturated rings. The molecule has 0 aromatic carbocycles. The summed E-state index contributed by atoms with van der Waals surface area (Å²) in [4.78, 5) is 8.17. The number of nitrogens with zero attached hydrogens (tertiary/aromatic N) is 2. The zero-order valence-electron chi connectivity index (χ0n) is 9.97. The van der Waals surface area contributed by atoms with Crippen LogP contribution in [-0.2, 0) is 9.47 Å². The maximum absolute atomic E-state index is 5.76. The van der Waals surface area contributed by atoms with Crippen LogP contribution in [0.3, 0.4) is 0 Å². The maximum atomic E-state index is 5.76. The zero-order valence-corrected chi connectivity index (χ0v) is 9.97. The Labute approximate surface area is 102 Å². The summed E-state index contributed by atoms with van der Waals surface area (Å²) in [5.41, 5.74) is 0. The summed E-state index contributed by atoms with van der Waals surface area (Å²) in [6.45, 7) is 3.29. The van der Waals surface area contributed by atoms with Crippen LogP contribution in [-0.4, -0.2) is 42.4 Å². The second kappa shape index (κ2) is 7.19. The first-order valence-electron chi connectivity index (χ1n) is 6.15. The molecule has 17 heavy (non-hydrogen) atoms. The lowest BCUT2D eigenvalue weighted by atomic mass is 10.1. The molecule has 0 radical (unpaired) electrons. The van der Waals surface area contributed by atoms with E-state index in [2.05, 4.69) is 15.3 Å². The van der Waals surface area contributed by atoms with Gasteiger partial charge in [-0.05, 0) is 25.3 Å². The molecule has 0 unspecified atom stereocenters. The van der Waals surface area contributed by atoms with Gasteiger partial charge in [-0.25, -0.2) is 9.97 Å². The van der Waals surface area contributed by atoms with Crippen molar-refractivity contribution in [2.24, 2.45) is 0 Å². The number of rotatable bonds is 6. The predicted molar refractivity (Wildman–Crippen MR) is 64.9 cm³/mol. The van der Waals surface area contributed by atoms with E-state index in [1.807, 2.05) is 0 Å². The minimum atomic E-state index is 0.386. The molecule has 5 nitrogen and oxygen atoms in total. The first kappa shape index (κ1) is 12.3. The highest BCUT2D eigenvalue weighted by molar-refractivity contribution is 5.21. The van der Waals surface area contributed by atoms with Crippen LogP contribution >= 0.6 is 0 Å². The fourth-order valence-electron chi connectivity index (χ4n) is 1.76. The summed E-state index contributed by atoms with van der Waals surface area (Å²) in [6, 6.07) is 1.80. The Balaban J connectivity index is 1.51. The Morgan fingerprint density at radius 3 is 2.82 bits per heavy atom. The lowest BCUT2D eigenvalue weighted by Crippen LogP contribution is -2.24. The third kappa shape index (κ3) is 4.66. The van der Waals surface area contributed by atoms with Crippen molar-refractivity contribution in [3.05, 3.63) is 18.5 Å². The highest BCUT2D eigenvalue weighted by Gasteiger charge is 2.13. The Hall–Kier alpha value is -1.20. The highest BCUT2D eigenvalue weighted by atomic mass is 16.5.